The van der Waals surface area contributed by atoms with Crippen molar-refractivity contribution in [1.29, 1.82) is 0 Å². The van der Waals surface area contributed by atoms with E-state index in [1.165, 1.54) is 17.7 Å². The maximum absolute atomic E-state index is 14.4. The molecule has 0 saturated heterocycles. The lowest BCUT2D eigenvalue weighted by Gasteiger charge is -2.25. The molecule has 278 valence electrons. The number of carbonyl (C=O) groups is 3. The standard InChI is InChI=1S/C38H36Cl2N2O10S/c1-6-48-29-16-24(13-14-28(29)51-20-31(43)47-5)33-32(37(46)50-8-3)21(4)41-38-42(33)35(44)30(53-38)17-25-15-26(39)18-27(40)34(25)52-19-22-9-11-23(12-10-22)36(45)49-7-2/h9-18,33H,6-8,19-20H2,1-5H3/b30-17+/t33-/m0/s1. The number of hydrogen-bond donors (Lipinski definition) is 0. The summed E-state index contributed by atoms with van der Waals surface area (Å²) in [6, 6.07) is 13.9. The molecule has 0 N–H and O–H groups in total. The van der Waals surface area contributed by atoms with Crippen LogP contribution in [-0.2, 0) is 30.4 Å². The molecule has 0 amide bonds. The van der Waals surface area contributed by atoms with E-state index in [1.807, 2.05) is 0 Å². The molecule has 1 aliphatic rings. The van der Waals surface area contributed by atoms with Crippen LogP contribution in [0, 0.1) is 0 Å². The van der Waals surface area contributed by atoms with Crippen molar-refractivity contribution in [2.24, 2.45) is 4.99 Å². The third kappa shape index (κ3) is 8.93. The number of halogens is 2. The predicted octanol–water partition coefficient (Wildman–Crippen LogP) is 5.81. The molecule has 1 atom stereocenters. The molecule has 1 aliphatic heterocycles. The number of rotatable bonds is 14. The Kier molecular flexibility index (Phi) is 13.0. The predicted molar refractivity (Wildman–Crippen MR) is 199 cm³/mol. The van der Waals surface area contributed by atoms with Crippen LogP contribution in [0.5, 0.6) is 17.2 Å². The molecule has 12 nitrogen and oxygen atoms in total. The SMILES string of the molecule is CCOC(=O)C1=C(C)N=c2s/c(=C/c3cc(Cl)cc(Cl)c3OCc3ccc(C(=O)OCC)cc3)c(=O)n2[C@H]1c1ccc(OCC(=O)OC)c(OCC)c1. The Bertz CT molecular complexity index is 2250. The molecule has 53 heavy (non-hydrogen) atoms. The number of carbonyl (C=O) groups excluding carboxylic acids is 3. The minimum Gasteiger partial charge on any atom is -0.490 e. The molecule has 2 heterocycles. The zero-order valence-electron chi connectivity index (χ0n) is 29.5. The van der Waals surface area contributed by atoms with E-state index < -0.39 is 29.5 Å². The quantitative estimate of drug-likeness (QED) is 0.114. The fourth-order valence-electron chi connectivity index (χ4n) is 5.47. The summed E-state index contributed by atoms with van der Waals surface area (Å²) >= 11 is 14.1. The number of methoxy groups -OCH3 is 1. The number of ether oxygens (including phenoxy) is 6. The van der Waals surface area contributed by atoms with Gasteiger partial charge in [-0.15, -0.1) is 0 Å². The van der Waals surface area contributed by atoms with Gasteiger partial charge >= 0.3 is 17.9 Å². The number of esters is 3. The summed E-state index contributed by atoms with van der Waals surface area (Å²) < 4.78 is 34.5. The van der Waals surface area contributed by atoms with Gasteiger partial charge in [0.05, 0.1) is 59.4 Å². The van der Waals surface area contributed by atoms with E-state index >= 15 is 0 Å². The number of hydrogen-bond acceptors (Lipinski definition) is 12. The molecule has 0 saturated carbocycles. The Morgan fingerprint density at radius 3 is 2.28 bits per heavy atom. The van der Waals surface area contributed by atoms with E-state index in [2.05, 4.69) is 9.73 Å². The highest BCUT2D eigenvalue weighted by molar-refractivity contribution is 7.07. The zero-order chi connectivity index (χ0) is 38.2. The minimum atomic E-state index is -0.961. The smallest absolute Gasteiger partial charge is 0.343 e. The van der Waals surface area contributed by atoms with Crippen LogP contribution in [0.15, 0.2) is 75.7 Å². The minimum absolute atomic E-state index is 0.0934. The second kappa shape index (κ2) is 17.6. The molecule has 0 bridgehead atoms. The molecule has 4 aromatic rings. The van der Waals surface area contributed by atoms with Crippen LogP contribution in [0.2, 0.25) is 10.0 Å². The summed E-state index contributed by atoms with van der Waals surface area (Å²) in [6.45, 7) is 7.27. The van der Waals surface area contributed by atoms with Crippen LogP contribution < -0.4 is 29.1 Å². The van der Waals surface area contributed by atoms with Crippen molar-refractivity contribution in [1.82, 2.24) is 4.57 Å². The summed E-state index contributed by atoms with van der Waals surface area (Å²) in [5, 5.41) is 0.535. The third-order valence-electron chi connectivity index (χ3n) is 7.85. The normalized spacial score (nSPS) is 13.9. The molecule has 3 aromatic carbocycles. The molecular formula is C38H36Cl2N2O10S. The maximum atomic E-state index is 14.4. The lowest BCUT2D eigenvalue weighted by molar-refractivity contribution is -0.143. The second-order valence-corrected chi connectivity index (χ2v) is 13.2. The number of benzene rings is 3. The van der Waals surface area contributed by atoms with Gasteiger partial charge in [0.2, 0.25) is 0 Å². The number of fused-ring (bicyclic) bond motifs is 1. The van der Waals surface area contributed by atoms with Crippen molar-refractivity contribution in [2.45, 2.75) is 40.3 Å². The maximum Gasteiger partial charge on any atom is 0.343 e. The Morgan fingerprint density at radius 2 is 1.60 bits per heavy atom. The Hall–Kier alpha value is -5.11. The van der Waals surface area contributed by atoms with Gasteiger partial charge in [0, 0.05) is 10.6 Å². The Morgan fingerprint density at radius 1 is 0.887 bits per heavy atom. The summed E-state index contributed by atoms with van der Waals surface area (Å²) in [5.74, 6) is -0.796. The molecule has 0 aliphatic carbocycles. The first-order valence-corrected chi connectivity index (χ1v) is 18.1. The summed E-state index contributed by atoms with van der Waals surface area (Å²) in [5.41, 5.74) is 2.19. The van der Waals surface area contributed by atoms with Gasteiger partial charge in [-0.25, -0.2) is 19.4 Å². The zero-order valence-corrected chi connectivity index (χ0v) is 31.9. The summed E-state index contributed by atoms with van der Waals surface area (Å²) in [6.07, 6.45) is 1.61. The van der Waals surface area contributed by atoms with Crippen molar-refractivity contribution in [2.75, 3.05) is 33.5 Å². The van der Waals surface area contributed by atoms with E-state index in [9.17, 15) is 19.2 Å². The second-order valence-electron chi connectivity index (χ2n) is 11.3. The molecule has 5 rings (SSSR count). The lowest BCUT2D eigenvalue weighted by atomic mass is 9.95. The van der Waals surface area contributed by atoms with Crippen molar-refractivity contribution >= 4 is 58.5 Å². The van der Waals surface area contributed by atoms with Crippen LogP contribution in [0.1, 0.15) is 60.8 Å². The third-order valence-corrected chi connectivity index (χ3v) is 9.33. The van der Waals surface area contributed by atoms with Crippen molar-refractivity contribution in [3.8, 4) is 17.2 Å². The van der Waals surface area contributed by atoms with E-state index in [-0.39, 0.29) is 59.7 Å². The van der Waals surface area contributed by atoms with E-state index in [4.69, 9.17) is 46.9 Å². The van der Waals surface area contributed by atoms with Gasteiger partial charge in [-0.2, -0.15) is 0 Å². The van der Waals surface area contributed by atoms with Gasteiger partial charge in [0.1, 0.15) is 12.4 Å². The molecule has 1 aromatic heterocycles. The molecule has 0 spiro atoms. The van der Waals surface area contributed by atoms with Crippen molar-refractivity contribution < 1.29 is 42.8 Å². The molecule has 0 radical (unpaired) electrons. The van der Waals surface area contributed by atoms with Gasteiger partial charge in [-0.1, -0.05) is 52.7 Å². The van der Waals surface area contributed by atoms with Gasteiger partial charge in [-0.3, -0.25) is 9.36 Å². The summed E-state index contributed by atoms with van der Waals surface area (Å²) in [4.78, 5) is 56.6. The number of nitrogens with zero attached hydrogens (tertiary/aromatic N) is 2. The first-order chi connectivity index (χ1) is 25.5. The first kappa shape index (κ1) is 39.1. The monoisotopic (exact) mass is 782 g/mol. The van der Waals surface area contributed by atoms with Crippen LogP contribution in [-0.4, -0.2) is 56.0 Å². The van der Waals surface area contributed by atoms with E-state index in [0.29, 0.717) is 38.0 Å². The van der Waals surface area contributed by atoms with Crippen molar-refractivity contribution in [3.63, 3.8) is 0 Å². The van der Waals surface area contributed by atoms with E-state index in [1.54, 1.807) is 82.3 Å². The van der Waals surface area contributed by atoms with E-state index in [0.717, 1.165) is 16.9 Å². The summed E-state index contributed by atoms with van der Waals surface area (Å²) in [7, 11) is 1.25. The fraction of sp³-hybridized carbons (Fsp3) is 0.289. The van der Waals surface area contributed by atoms with Crippen LogP contribution >= 0.6 is 34.5 Å². The fourth-order valence-corrected chi connectivity index (χ4v) is 7.07. The highest BCUT2D eigenvalue weighted by Gasteiger charge is 2.34. The Balaban J connectivity index is 1.58. The van der Waals surface area contributed by atoms with Crippen molar-refractivity contribution in [3.05, 3.63) is 118 Å². The topological polar surface area (TPSA) is 141 Å². The molecular weight excluding hydrogens is 747 g/mol. The number of aromatic nitrogens is 1. The highest BCUT2D eigenvalue weighted by Crippen LogP contribution is 2.37. The Labute approximate surface area is 318 Å². The highest BCUT2D eigenvalue weighted by atomic mass is 35.5. The largest absolute Gasteiger partial charge is 0.490 e. The van der Waals surface area contributed by atoms with Gasteiger partial charge in [0.25, 0.3) is 5.56 Å². The lowest BCUT2D eigenvalue weighted by Crippen LogP contribution is -2.40. The molecule has 0 fully saturated rings. The first-order valence-electron chi connectivity index (χ1n) is 16.5. The number of thiazole rings is 1. The average molecular weight is 784 g/mol. The average Bonchev–Trinajstić information content (AvgIpc) is 3.43. The molecule has 0 unspecified atom stereocenters. The van der Waals surface area contributed by atoms with Crippen LogP contribution in [0.25, 0.3) is 6.08 Å². The van der Waals surface area contributed by atoms with Crippen LogP contribution in [0.4, 0.5) is 0 Å². The van der Waals surface area contributed by atoms with Gasteiger partial charge in [0.15, 0.2) is 22.9 Å². The van der Waals surface area contributed by atoms with Gasteiger partial charge in [-0.05, 0) is 81.3 Å². The number of allylic oxidation sites excluding steroid dienone is 1. The van der Waals surface area contributed by atoms with Gasteiger partial charge < -0.3 is 28.4 Å². The van der Waals surface area contributed by atoms with Crippen LogP contribution in [0.3, 0.4) is 0 Å². The molecule has 15 heteroatoms.